The maximum Gasteiger partial charge on any atom is 0.414 e. The number of imidazole rings is 1. The molecule has 3 rings (SSSR count). The Hall–Kier alpha value is -4.21. The van der Waals surface area contributed by atoms with Crippen LogP contribution in [0, 0.1) is 0 Å². The first-order chi connectivity index (χ1) is 15.8. The van der Waals surface area contributed by atoms with Gasteiger partial charge in [0.1, 0.15) is 5.75 Å². The maximum absolute atomic E-state index is 9.10. The van der Waals surface area contributed by atoms with Crippen LogP contribution >= 0.6 is 0 Å². The first-order valence-corrected chi connectivity index (χ1v) is 9.96. The minimum Gasteiger partial charge on any atom is -0.494 e. The molecule has 1 heterocycles. The third-order valence-electron chi connectivity index (χ3n) is 4.53. The van der Waals surface area contributed by atoms with E-state index < -0.39 is 11.9 Å². The average molecular weight is 457 g/mol. The first kappa shape index (κ1) is 25.1. The van der Waals surface area contributed by atoms with Crippen LogP contribution in [-0.2, 0) is 23.2 Å². The lowest BCUT2D eigenvalue weighted by atomic mass is 10.1. The molecule has 3 N–H and O–H groups in total. The smallest absolute Gasteiger partial charge is 0.414 e. The number of hydrogen-bond acceptors (Lipinski definition) is 7. The fourth-order valence-electron chi connectivity index (χ4n) is 2.90. The summed E-state index contributed by atoms with van der Waals surface area (Å²) < 4.78 is 18.2. The second-order valence-electron chi connectivity index (χ2n) is 6.64. The molecule has 0 fully saturated rings. The van der Waals surface area contributed by atoms with Crippen LogP contribution < -0.4 is 19.5 Å². The van der Waals surface area contributed by atoms with Crippen molar-refractivity contribution >= 4 is 17.9 Å². The van der Waals surface area contributed by atoms with Crippen molar-refractivity contribution in [1.82, 2.24) is 9.55 Å². The Morgan fingerprint density at radius 3 is 2.18 bits per heavy atom. The minimum absolute atomic E-state index is 0.633. The zero-order valence-electron chi connectivity index (χ0n) is 18.9. The number of carbonyl (C=O) groups is 2. The van der Waals surface area contributed by atoms with E-state index in [0.717, 1.165) is 34.3 Å². The number of anilines is 1. The van der Waals surface area contributed by atoms with Gasteiger partial charge in [-0.15, -0.1) is 0 Å². The Bertz CT molecular complexity index is 1070. The zero-order valence-corrected chi connectivity index (χ0v) is 18.9. The molecular formula is C23H27N3O7. The molecule has 0 atom stereocenters. The van der Waals surface area contributed by atoms with Crippen molar-refractivity contribution in [1.29, 1.82) is 0 Å². The molecule has 10 nitrogen and oxygen atoms in total. The maximum atomic E-state index is 9.10. The summed E-state index contributed by atoms with van der Waals surface area (Å²) >= 11 is 0. The summed E-state index contributed by atoms with van der Waals surface area (Å²) in [5, 5.41) is 18.2. The van der Waals surface area contributed by atoms with Crippen LogP contribution in [-0.4, -0.2) is 52.5 Å². The highest BCUT2D eigenvalue weighted by molar-refractivity contribution is 6.27. The van der Waals surface area contributed by atoms with Crippen LogP contribution in [0.15, 0.2) is 48.7 Å². The lowest BCUT2D eigenvalue weighted by Gasteiger charge is -2.11. The van der Waals surface area contributed by atoms with Crippen LogP contribution in [0.25, 0.3) is 11.3 Å². The summed E-state index contributed by atoms with van der Waals surface area (Å²) in [6.07, 6.45) is 1.87. The van der Waals surface area contributed by atoms with Crippen molar-refractivity contribution in [3.63, 3.8) is 0 Å². The van der Waals surface area contributed by atoms with E-state index in [0.29, 0.717) is 18.9 Å². The first-order valence-electron chi connectivity index (χ1n) is 9.96. The summed E-state index contributed by atoms with van der Waals surface area (Å²) in [4.78, 5) is 22.7. The Kier molecular flexibility index (Phi) is 9.10. The lowest BCUT2D eigenvalue weighted by Crippen LogP contribution is -2.09. The number of methoxy groups -OCH3 is 2. The molecule has 0 aliphatic heterocycles. The quantitative estimate of drug-likeness (QED) is 0.436. The van der Waals surface area contributed by atoms with E-state index >= 15 is 0 Å². The van der Waals surface area contributed by atoms with Gasteiger partial charge in [0.25, 0.3) is 0 Å². The Morgan fingerprint density at radius 1 is 1.00 bits per heavy atom. The molecule has 0 unspecified atom stereocenters. The molecule has 2 aromatic carbocycles. The van der Waals surface area contributed by atoms with Gasteiger partial charge in [-0.2, -0.15) is 0 Å². The van der Waals surface area contributed by atoms with E-state index in [1.807, 2.05) is 67.2 Å². The van der Waals surface area contributed by atoms with Gasteiger partial charge in [-0.1, -0.05) is 6.07 Å². The number of aliphatic carboxylic acids is 2. The molecule has 176 valence electrons. The predicted molar refractivity (Wildman–Crippen MR) is 122 cm³/mol. The van der Waals surface area contributed by atoms with Gasteiger partial charge in [0.15, 0.2) is 11.5 Å². The van der Waals surface area contributed by atoms with Crippen molar-refractivity contribution in [3.8, 4) is 28.5 Å². The number of nitrogens with one attached hydrogen (secondary N) is 1. The van der Waals surface area contributed by atoms with Crippen molar-refractivity contribution in [2.45, 2.75) is 13.5 Å². The Morgan fingerprint density at radius 2 is 1.64 bits per heavy atom. The van der Waals surface area contributed by atoms with E-state index in [9.17, 15) is 0 Å². The van der Waals surface area contributed by atoms with Gasteiger partial charge in [0.05, 0.1) is 32.7 Å². The predicted octanol–water partition coefficient (Wildman–Crippen LogP) is 3.27. The molecule has 0 amide bonds. The Balaban J connectivity index is 0.000000569. The fraction of sp³-hybridized carbons (Fsp3) is 0.261. The number of ether oxygens (including phenoxy) is 3. The van der Waals surface area contributed by atoms with Gasteiger partial charge in [0.2, 0.25) is 5.95 Å². The molecule has 0 saturated heterocycles. The molecule has 0 aliphatic rings. The van der Waals surface area contributed by atoms with Crippen LogP contribution in [0.5, 0.6) is 17.2 Å². The molecule has 3 aromatic rings. The van der Waals surface area contributed by atoms with E-state index in [2.05, 4.69) is 10.3 Å². The molecule has 0 aliphatic carbocycles. The highest BCUT2D eigenvalue weighted by Gasteiger charge is 2.10. The van der Waals surface area contributed by atoms with Crippen LogP contribution in [0.1, 0.15) is 12.5 Å². The molecule has 0 bridgehead atoms. The van der Waals surface area contributed by atoms with Gasteiger partial charge >= 0.3 is 11.9 Å². The number of benzene rings is 2. The summed E-state index contributed by atoms with van der Waals surface area (Å²) in [5.41, 5.74) is 3.21. The monoisotopic (exact) mass is 457 g/mol. The second kappa shape index (κ2) is 12.0. The van der Waals surface area contributed by atoms with Gasteiger partial charge in [-0.25, -0.2) is 14.6 Å². The van der Waals surface area contributed by atoms with Crippen molar-refractivity contribution < 1.29 is 34.0 Å². The van der Waals surface area contributed by atoms with E-state index in [1.165, 1.54) is 0 Å². The lowest BCUT2D eigenvalue weighted by molar-refractivity contribution is -0.159. The highest BCUT2D eigenvalue weighted by atomic mass is 16.5. The van der Waals surface area contributed by atoms with E-state index in [1.54, 1.807) is 14.2 Å². The second-order valence-corrected chi connectivity index (χ2v) is 6.64. The summed E-state index contributed by atoms with van der Waals surface area (Å²) in [7, 11) is 5.26. The minimum atomic E-state index is -1.82. The van der Waals surface area contributed by atoms with Crippen molar-refractivity contribution in [2.24, 2.45) is 7.05 Å². The summed E-state index contributed by atoms with van der Waals surface area (Å²) in [6, 6.07) is 13.9. The van der Waals surface area contributed by atoms with Gasteiger partial charge in [0, 0.05) is 19.2 Å². The topological polar surface area (TPSA) is 132 Å². The van der Waals surface area contributed by atoms with Crippen molar-refractivity contribution in [3.05, 3.63) is 54.2 Å². The van der Waals surface area contributed by atoms with Crippen LogP contribution in [0.3, 0.4) is 0 Å². The largest absolute Gasteiger partial charge is 0.494 e. The summed E-state index contributed by atoms with van der Waals surface area (Å²) in [5.74, 6) is -0.545. The Labute approximate surface area is 191 Å². The zero-order chi connectivity index (χ0) is 24.4. The molecule has 33 heavy (non-hydrogen) atoms. The average Bonchev–Trinajstić information content (AvgIpc) is 3.18. The van der Waals surface area contributed by atoms with Crippen LogP contribution in [0.4, 0.5) is 5.95 Å². The number of carboxylic acid groups (broad SMARTS) is 2. The van der Waals surface area contributed by atoms with Gasteiger partial charge < -0.3 is 34.3 Å². The molecule has 0 radical (unpaired) electrons. The molecule has 0 saturated carbocycles. The third kappa shape index (κ3) is 6.89. The number of nitrogens with zero attached hydrogens (tertiary/aromatic N) is 2. The number of rotatable bonds is 8. The van der Waals surface area contributed by atoms with Crippen LogP contribution in [0.2, 0.25) is 0 Å². The normalized spacial score (nSPS) is 9.94. The highest BCUT2D eigenvalue weighted by Crippen LogP contribution is 2.28. The standard InChI is InChI=1S/C21H25N3O3.C2H2O4/c1-5-27-17-9-7-16(8-10-17)18-14-23-21(24(18)2)22-13-15-6-11-19(25-3)20(12-15)26-4;3-1(4)2(5)6/h6-12,14H,5,13H2,1-4H3,(H,22,23);(H,3,4)(H,5,6). The van der Waals surface area contributed by atoms with Crippen molar-refractivity contribution in [2.75, 3.05) is 26.1 Å². The SMILES string of the molecule is CCOc1ccc(-c2cnc(NCc3ccc(OC)c(OC)c3)n2C)cc1.O=C(O)C(=O)O. The fourth-order valence-corrected chi connectivity index (χ4v) is 2.90. The molecule has 1 aromatic heterocycles. The molecule has 10 heteroatoms. The van der Waals surface area contributed by atoms with Gasteiger partial charge in [-0.3, -0.25) is 0 Å². The number of carboxylic acids is 2. The summed E-state index contributed by atoms with van der Waals surface area (Å²) in [6.45, 7) is 3.27. The number of hydrogen-bond donors (Lipinski definition) is 3. The van der Waals surface area contributed by atoms with E-state index in [4.69, 9.17) is 34.0 Å². The van der Waals surface area contributed by atoms with Gasteiger partial charge in [-0.05, 0) is 48.9 Å². The third-order valence-corrected chi connectivity index (χ3v) is 4.53. The van der Waals surface area contributed by atoms with E-state index in [-0.39, 0.29) is 0 Å². The number of aromatic nitrogens is 2. The molecular weight excluding hydrogens is 430 g/mol. The molecule has 0 spiro atoms.